The van der Waals surface area contributed by atoms with E-state index in [1.165, 1.54) is 0 Å². The molecule has 2 rings (SSSR count). The van der Waals surface area contributed by atoms with Crippen LogP contribution in [0.2, 0.25) is 0 Å². The monoisotopic (exact) mass is 320 g/mol. The minimum Gasteiger partial charge on any atom is -0.508 e. The molecule has 0 fully saturated rings. The van der Waals surface area contributed by atoms with Crippen molar-refractivity contribution in [3.8, 4) is 11.5 Å². The van der Waals surface area contributed by atoms with E-state index in [0.717, 1.165) is 29.7 Å². The lowest BCUT2D eigenvalue weighted by atomic mass is 9.87. The summed E-state index contributed by atoms with van der Waals surface area (Å²) in [6.07, 6.45) is 1.91. The van der Waals surface area contributed by atoms with Crippen LogP contribution in [0.4, 0.5) is 0 Å². The molecule has 0 spiro atoms. The first-order valence-electron chi connectivity index (χ1n) is 6.97. The summed E-state index contributed by atoms with van der Waals surface area (Å²) in [6, 6.07) is 14.6. The molecule has 21 heavy (non-hydrogen) atoms. The van der Waals surface area contributed by atoms with Crippen molar-refractivity contribution in [3.63, 3.8) is 0 Å². The molecule has 0 radical (unpaired) electrons. The minimum absolute atomic E-state index is 0.223. The zero-order valence-corrected chi connectivity index (χ0v) is 13.5. The highest BCUT2D eigenvalue weighted by Crippen LogP contribution is 2.32. The standard InChI is InChI=1S/C17H20O2S2/c18-14-5-1-12(2-6-14)17(10-9-16(21)11-20)13-3-7-15(19)8-4-13/h1-8,16-21H,9-11H2. The molecule has 0 aromatic heterocycles. The van der Waals surface area contributed by atoms with Gasteiger partial charge >= 0.3 is 0 Å². The zero-order valence-electron chi connectivity index (χ0n) is 11.7. The highest BCUT2D eigenvalue weighted by molar-refractivity contribution is 7.84. The summed E-state index contributed by atoms with van der Waals surface area (Å²) in [5, 5.41) is 19.2. The topological polar surface area (TPSA) is 40.5 Å². The Morgan fingerprint density at radius 3 is 1.57 bits per heavy atom. The lowest BCUT2D eigenvalue weighted by Crippen LogP contribution is -2.07. The Morgan fingerprint density at radius 1 is 0.762 bits per heavy atom. The zero-order chi connectivity index (χ0) is 15.2. The maximum Gasteiger partial charge on any atom is 0.115 e. The summed E-state index contributed by atoms with van der Waals surface area (Å²) in [4.78, 5) is 0. The van der Waals surface area contributed by atoms with Crippen LogP contribution >= 0.6 is 25.3 Å². The SMILES string of the molecule is Oc1ccc(C(CCC(S)CS)c2ccc(O)cc2)cc1. The van der Waals surface area contributed by atoms with Crippen molar-refractivity contribution in [2.45, 2.75) is 24.0 Å². The van der Waals surface area contributed by atoms with Crippen molar-refractivity contribution in [2.75, 3.05) is 5.75 Å². The molecule has 0 bridgehead atoms. The van der Waals surface area contributed by atoms with E-state index in [9.17, 15) is 10.2 Å². The second kappa shape index (κ2) is 7.66. The maximum absolute atomic E-state index is 9.45. The quantitative estimate of drug-likeness (QED) is 0.601. The molecule has 0 saturated carbocycles. The van der Waals surface area contributed by atoms with Gasteiger partial charge in [-0.15, -0.1) is 0 Å². The molecule has 2 aromatic carbocycles. The average molecular weight is 320 g/mol. The molecular weight excluding hydrogens is 300 g/mol. The third kappa shape index (κ3) is 4.61. The van der Waals surface area contributed by atoms with Gasteiger partial charge in [0.05, 0.1) is 0 Å². The molecular formula is C17H20O2S2. The highest BCUT2D eigenvalue weighted by Gasteiger charge is 2.16. The van der Waals surface area contributed by atoms with Crippen molar-refractivity contribution in [1.82, 2.24) is 0 Å². The Morgan fingerprint density at radius 2 is 1.19 bits per heavy atom. The summed E-state index contributed by atoms with van der Waals surface area (Å²) in [5.41, 5.74) is 2.30. The average Bonchev–Trinajstić information content (AvgIpc) is 2.50. The van der Waals surface area contributed by atoms with Gasteiger partial charge in [0, 0.05) is 16.9 Å². The van der Waals surface area contributed by atoms with Gasteiger partial charge in [-0.05, 0) is 48.2 Å². The van der Waals surface area contributed by atoms with Crippen molar-refractivity contribution in [2.24, 2.45) is 0 Å². The number of benzene rings is 2. The number of hydrogen-bond acceptors (Lipinski definition) is 4. The van der Waals surface area contributed by atoms with E-state index in [2.05, 4.69) is 25.3 Å². The number of rotatable bonds is 6. The van der Waals surface area contributed by atoms with Crippen LogP contribution in [0.15, 0.2) is 48.5 Å². The van der Waals surface area contributed by atoms with E-state index in [0.29, 0.717) is 0 Å². The third-order valence-corrected chi connectivity index (χ3v) is 4.76. The summed E-state index contributed by atoms with van der Waals surface area (Å²) in [5.74, 6) is 1.51. The van der Waals surface area contributed by atoms with E-state index in [-0.39, 0.29) is 22.7 Å². The van der Waals surface area contributed by atoms with Crippen molar-refractivity contribution >= 4 is 25.3 Å². The van der Waals surface area contributed by atoms with Crippen LogP contribution < -0.4 is 0 Å². The van der Waals surface area contributed by atoms with Gasteiger partial charge in [0.2, 0.25) is 0 Å². The smallest absolute Gasteiger partial charge is 0.115 e. The molecule has 0 saturated heterocycles. The molecule has 0 amide bonds. The Kier molecular flexibility index (Phi) is 5.88. The number of phenols is 2. The molecule has 0 aliphatic heterocycles. The van der Waals surface area contributed by atoms with Crippen molar-refractivity contribution in [1.29, 1.82) is 0 Å². The van der Waals surface area contributed by atoms with Crippen LogP contribution in [-0.4, -0.2) is 21.2 Å². The summed E-state index contributed by atoms with van der Waals surface area (Å²) >= 11 is 8.78. The van der Waals surface area contributed by atoms with Crippen LogP contribution in [-0.2, 0) is 0 Å². The van der Waals surface area contributed by atoms with Crippen molar-refractivity contribution in [3.05, 3.63) is 59.7 Å². The van der Waals surface area contributed by atoms with E-state index < -0.39 is 0 Å². The number of thiol groups is 2. The Labute approximate surface area is 136 Å². The highest BCUT2D eigenvalue weighted by atomic mass is 32.1. The van der Waals surface area contributed by atoms with Crippen LogP contribution in [0.3, 0.4) is 0 Å². The van der Waals surface area contributed by atoms with E-state index in [4.69, 9.17) is 0 Å². The van der Waals surface area contributed by atoms with Gasteiger partial charge in [-0.1, -0.05) is 24.3 Å². The molecule has 1 unspecified atom stereocenters. The molecule has 0 aliphatic carbocycles. The Bertz CT molecular complexity index is 507. The molecule has 112 valence electrons. The molecule has 0 heterocycles. The van der Waals surface area contributed by atoms with E-state index in [1.807, 2.05) is 24.3 Å². The van der Waals surface area contributed by atoms with Crippen LogP contribution in [0.25, 0.3) is 0 Å². The second-order valence-corrected chi connectivity index (χ2v) is 6.24. The molecule has 0 aliphatic rings. The van der Waals surface area contributed by atoms with Gasteiger partial charge in [0.1, 0.15) is 11.5 Å². The Hall–Kier alpha value is -1.26. The number of phenolic OH excluding ortho intramolecular Hbond substituents is 2. The van der Waals surface area contributed by atoms with Gasteiger partial charge in [0.15, 0.2) is 0 Å². The molecule has 2 nitrogen and oxygen atoms in total. The van der Waals surface area contributed by atoms with E-state index in [1.54, 1.807) is 24.3 Å². The fourth-order valence-electron chi connectivity index (χ4n) is 2.39. The predicted octanol–water partition coefficient (Wildman–Crippen LogP) is 4.24. The predicted molar refractivity (Wildman–Crippen MR) is 93.9 cm³/mol. The van der Waals surface area contributed by atoms with Gasteiger partial charge in [-0.2, -0.15) is 25.3 Å². The molecule has 4 heteroatoms. The van der Waals surface area contributed by atoms with Crippen LogP contribution in [0, 0.1) is 0 Å². The van der Waals surface area contributed by atoms with E-state index >= 15 is 0 Å². The molecule has 2 N–H and O–H groups in total. The Balaban J connectivity index is 2.25. The minimum atomic E-state index is 0.223. The molecule has 2 aromatic rings. The summed E-state index contributed by atoms with van der Waals surface area (Å²) in [6.45, 7) is 0. The summed E-state index contributed by atoms with van der Waals surface area (Å²) < 4.78 is 0. The van der Waals surface area contributed by atoms with Gasteiger partial charge in [-0.3, -0.25) is 0 Å². The van der Waals surface area contributed by atoms with Crippen molar-refractivity contribution < 1.29 is 10.2 Å². The second-order valence-electron chi connectivity index (χ2n) is 5.15. The third-order valence-electron chi connectivity index (χ3n) is 3.59. The normalized spacial score (nSPS) is 12.5. The number of aromatic hydroxyl groups is 2. The van der Waals surface area contributed by atoms with Gasteiger partial charge in [-0.25, -0.2) is 0 Å². The largest absolute Gasteiger partial charge is 0.508 e. The maximum atomic E-state index is 9.45. The fourth-order valence-corrected chi connectivity index (χ4v) is 2.72. The fraction of sp³-hybridized carbons (Fsp3) is 0.294. The first-order chi connectivity index (χ1) is 10.1. The first kappa shape index (κ1) is 16.1. The van der Waals surface area contributed by atoms with Gasteiger partial charge in [0.25, 0.3) is 0 Å². The van der Waals surface area contributed by atoms with Gasteiger partial charge < -0.3 is 10.2 Å². The molecule has 1 atom stereocenters. The number of hydrogen-bond donors (Lipinski definition) is 4. The lowest BCUT2D eigenvalue weighted by molar-refractivity contribution is 0.475. The lowest BCUT2D eigenvalue weighted by Gasteiger charge is -2.20. The van der Waals surface area contributed by atoms with Crippen LogP contribution in [0.5, 0.6) is 11.5 Å². The summed E-state index contributed by atoms with van der Waals surface area (Å²) in [7, 11) is 0. The first-order valence-corrected chi connectivity index (χ1v) is 8.12. The van der Waals surface area contributed by atoms with Crippen LogP contribution in [0.1, 0.15) is 29.9 Å².